The van der Waals surface area contributed by atoms with Gasteiger partial charge in [0.1, 0.15) is 11.6 Å². The van der Waals surface area contributed by atoms with Crippen LogP contribution >= 0.6 is 0 Å². The van der Waals surface area contributed by atoms with E-state index in [0.29, 0.717) is 0 Å². The zero-order valence-electron chi connectivity index (χ0n) is 14.2. The minimum absolute atomic E-state index is 0.0195. The molecule has 0 fully saturated rings. The van der Waals surface area contributed by atoms with Crippen molar-refractivity contribution in [1.82, 2.24) is 14.5 Å². The average molecular weight is 336 g/mol. The number of benzene rings is 1. The van der Waals surface area contributed by atoms with E-state index in [-0.39, 0.29) is 11.9 Å². The van der Waals surface area contributed by atoms with Crippen LogP contribution in [-0.2, 0) is 13.0 Å². The summed E-state index contributed by atoms with van der Waals surface area (Å²) in [5.74, 6) is 0.876. The van der Waals surface area contributed by atoms with Crippen molar-refractivity contribution in [2.75, 3.05) is 5.32 Å². The first-order valence-corrected chi connectivity index (χ1v) is 8.72. The number of anilines is 1. The summed E-state index contributed by atoms with van der Waals surface area (Å²) in [4.78, 5) is 8.67. The van der Waals surface area contributed by atoms with Crippen LogP contribution in [-0.4, -0.2) is 14.5 Å². The van der Waals surface area contributed by atoms with Gasteiger partial charge in [-0.15, -0.1) is 0 Å². The molecule has 1 unspecified atom stereocenters. The molecule has 0 saturated carbocycles. The molecule has 3 heterocycles. The van der Waals surface area contributed by atoms with Crippen LogP contribution in [0.5, 0.6) is 0 Å². The maximum Gasteiger partial charge on any atom is 0.141 e. The van der Waals surface area contributed by atoms with Crippen molar-refractivity contribution in [3.05, 3.63) is 66.1 Å². The number of pyridine rings is 1. The highest BCUT2D eigenvalue weighted by atomic mass is 19.1. The third-order valence-corrected chi connectivity index (χ3v) is 4.70. The Bertz CT molecular complexity index is 846. The predicted octanol–water partition coefficient (Wildman–Crippen LogP) is 4.59. The molecule has 0 amide bonds. The van der Waals surface area contributed by atoms with E-state index in [4.69, 9.17) is 4.98 Å². The van der Waals surface area contributed by atoms with Gasteiger partial charge in [-0.3, -0.25) is 4.98 Å². The molecule has 1 aliphatic heterocycles. The highest BCUT2D eigenvalue weighted by Gasteiger charge is 2.13. The number of hydrogen-bond donors (Lipinski definition) is 1. The Labute approximate surface area is 146 Å². The van der Waals surface area contributed by atoms with Gasteiger partial charge in [0.2, 0.25) is 0 Å². The van der Waals surface area contributed by atoms with Crippen LogP contribution in [0.4, 0.5) is 10.1 Å². The number of aromatic nitrogens is 3. The first-order chi connectivity index (χ1) is 12.2. The van der Waals surface area contributed by atoms with Gasteiger partial charge in [0, 0.05) is 36.6 Å². The SMILES string of the molecule is CC(Nc1ccc(-c2cn3c(n2)CCCC3)cc1)c1cncc(F)c1. The second-order valence-electron chi connectivity index (χ2n) is 6.57. The number of rotatable bonds is 4. The van der Waals surface area contributed by atoms with Gasteiger partial charge in [-0.25, -0.2) is 9.37 Å². The first-order valence-electron chi connectivity index (χ1n) is 8.72. The molecule has 1 aromatic carbocycles. The Balaban J connectivity index is 1.49. The lowest BCUT2D eigenvalue weighted by atomic mass is 10.1. The van der Waals surface area contributed by atoms with E-state index in [2.05, 4.69) is 33.2 Å². The molecule has 1 atom stereocenters. The largest absolute Gasteiger partial charge is 0.378 e. The van der Waals surface area contributed by atoms with Crippen molar-refractivity contribution < 1.29 is 4.39 Å². The number of nitrogens with zero attached hydrogens (tertiary/aromatic N) is 3. The van der Waals surface area contributed by atoms with Gasteiger partial charge in [-0.2, -0.15) is 0 Å². The van der Waals surface area contributed by atoms with E-state index in [1.54, 1.807) is 6.20 Å². The molecule has 0 bridgehead atoms. The normalized spacial score (nSPS) is 14.8. The Morgan fingerprint density at radius 2 is 2.00 bits per heavy atom. The maximum atomic E-state index is 13.3. The van der Waals surface area contributed by atoms with E-state index in [1.807, 2.05) is 19.1 Å². The van der Waals surface area contributed by atoms with Crippen LogP contribution in [0.2, 0.25) is 0 Å². The van der Waals surface area contributed by atoms with Crippen molar-refractivity contribution in [2.45, 2.75) is 38.8 Å². The van der Waals surface area contributed by atoms with Crippen LogP contribution in [0.15, 0.2) is 48.9 Å². The van der Waals surface area contributed by atoms with Gasteiger partial charge in [-0.1, -0.05) is 12.1 Å². The van der Waals surface area contributed by atoms with E-state index in [1.165, 1.54) is 30.9 Å². The lowest BCUT2D eigenvalue weighted by molar-refractivity contribution is 0.522. The Morgan fingerprint density at radius 3 is 2.76 bits per heavy atom. The average Bonchev–Trinajstić information content (AvgIpc) is 3.06. The molecule has 2 aromatic heterocycles. The monoisotopic (exact) mass is 336 g/mol. The van der Waals surface area contributed by atoms with Gasteiger partial charge >= 0.3 is 0 Å². The molecule has 3 aromatic rings. The van der Waals surface area contributed by atoms with E-state index < -0.39 is 0 Å². The quantitative estimate of drug-likeness (QED) is 0.757. The van der Waals surface area contributed by atoms with Crippen LogP contribution in [0.3, 0.4) is 0 Å². The number of aryl methyl sites for hydroxylation is 2. The zero-order valence-corrected chi connectivity index (χ0v) is 14.2. The Kier molecular flexibility index (Phi) is 4.22. The van der Waals surface area contributed by atoms with Crippen molar-refractivity contribution in [2.24, 2.45) is 0 Å². The number of halogens is 1. The molecule has 0 saturated heterocycles. The zero-order chi connectivity index (χ0) is 17.2. The highest BCUT2D eigenvalue weighted by Crippen LogP contribution is 2.25. The number of nitrogens with one attached hydrogen (secondary N) is 1. The van der Waals surface area contributed by atoms with Gasteiger partial charge in [-0.05, 0) is 43.5 Å². The Morgan fingerprint density at radius 1 is 1.16 bits per heavy atom. The molecule has 5 heteroatoms. The van der Waals surface area contributed by atoms with E-state index >= 15 is 0 Å². The summed E-state index contributed by atoms with van der Waals surface area (Å²) in [6.07, 6.45) is 8.58. The smallest absolute Gasteiger partial charge is 0.141 e. The fraction of sp³-hybridized carbons (Fsp3) is 0.300. The van der Waals surface area contributed by atoms with E-state index in [9.17, 15) is 4.39 Å². The van der Waals surface area contributed by atoms with Crippen molar-refractivity contribution in [1.29, 1.82) is 0 Å². The van der Waals surface area contributed by atoms with Crippen LogP contribution < -0.4 is 5.32 Å². The fourth-order valence-electron chi connectivity index (χ4n) is 3.29. The summed E-state index contributed by atoms with van der Waals surface area (Å²) >= 11 is 0. The summed E-state index contributed by atoms with van der Waals surface area (Å²) < 4.78 is 15.6. The lowest BCUT2D eigenvalue weighted by Crippen LogP contribution is -2.08. The summed E-state index contributed by atoms with van der Waals surface area (Å²) in [6, 6.07) is 9.72. The highest BCUT2D eigenvalue weighted by molar-refractivity contribution is 5.62. The molecule has 0 spiro atoms. The summed E-state index contributed by atoms with van der Waals surface area (Å²) in [6.45, 7) is 3.06. The molecule has 1 N–H and O–H groups in total. The topological polar surface area (TPSA) is 42.7 Å². The predicted molar refractivity (Wildman–Crippen MR) is 96.8 cm³/mol. The molecule has 0 radical (unpaired) electrons. The minimum Gasteiger partial charge on any atom is -0.378 e. The summed E-state index contributed by atoms with van der Waals surface area (Å²) in [5, 5.41) is 3.38. The number of imidazole rings is 1. The third kappa shape index (κ3) is 3.40. The molecular weight excluding hydrogens is 315 g/mol. The molecule has 25 heavy (non-hydrogen) atoms. The summed E-state index contributed by atoms with van der Waals surface area (Å²) in [5.41, 5.74) is 3.97. The standard InChI is InChI=1S/C20H21FN4/c1-14(16-10-17(21)12-22-11-16)23-18-7-5-15(6-8-18)19-13-25-9-3-2-4-20(25)24-19/h5-8,10-14,23H,2-4,9H2,1H3. The van der Waals surface area contributed by atoms with Crippen LogP contribution in [0.25, 0.3) is 11.3 Å². The molecule has 4 nitrogen and oxygen atoms in total. The van der Waals surface area contributed by atoms with E-state index in [0.717, 1.165) is 35.5 Å². The Hall–Kier alpha value is -2.69. The van der Waals surface area contributed by atoms with Gasteiger partial charge in [0.05, 0.1) is 17.9 Å². The number of hydrogen-bond acceptors (Lipinski definition) is 3. The van der Waals surface area contributed by atoms with Crippen LogP contribution in [0, 0.1) is 5.82 Å². The molecule has 1 aliphatic rings. The van der Waals surface area contributed by atoms with Crippen LogP contribution in [0.1, 0.15) is 37.2 Å². The second-order valence-corrected chi connectivity index (χ2v) is 6.57. The molecular formula is C20H21FN4. The van der Waals surface area contributed by atoms with Crippen molar-refractivity contribution in [3.63, 3.8) is 0 Å². The minimum atomic E-state index is -0.315. The van der Waals surface area contributed by atoms with Gasteiger partial charge in [0.25, 0.3) is 0 Å². The van der Waals surface area contributed by atoms with Gasteiger partial charge in [0.15, 0.2) is 0 Å². The molecule has 4 rings (SSSR count). The maximum absolute atomic E-state index is 13.3. The lowest BCUT2D eigenvalue weighted by Gasteiger charge is -2.15. The van der Waals surface area contributed by atoms with Crippen molar-refractivity contribution >= 4 is 5.69 Å². The first kappa shape index (κ1) is 15.8. The van der Waals surface area contributed by atoms with Crippen molar-refractivity contribution in [3.8, 4) is 11.3 Å². The number of fused-ring (bicyclic) bond motifs is 1. The third-order valence-electron chi connectivity index (χ3n) is 4.70. The second kappa shape index (κ2) is 6.67. The summed E-state index contributed by atoms with van der Waals surface area (Å²) in [7, 11) is 0. The molecule has 0 aliphatic carbocycles. The molecule has 128 valence electrons. The van der Waals surface area contributed by atoms with Gasteiger partial charge < -0.3 is 9.88 Å². The fourth-order valence-corrected chi connectivity index (χ4v) is 3.29.